The van der Waals surface area contributed by atoms with Crippen LogP contribution in [0.2, 0.25) is 0 Å². The van der Waals surface area contributed by atoms with E-state index in [0.717, 1.165) is 5.56 Å². The summed E-state index contributed by atoms with van der Waals surface area (Å²) in [7, 11) is 0. The van der Waals surface area contributed by atoms with E-state index in [9.17, 15) is 19.7 Å². The Morgan fingerprint density at radius 1 is 0.900 bits per heavy atom. The molecule has 7 heteroatoms. The summed E-state index contributed by atoms with van der Waals surface area (Å²) in [5.74, 6) is -0.551. The molecule has 1 unspecified atom stereocenters. The van der Waals surface area contributed by atoms with Crippen molar-refractivity contribution in [3.63, 3.8) is 0 Å². The van der Waals surface area contributed by atoms with Crippen molar-refractivity contribution >= 4 is 23.2 Å². The van der Waals surface area contributed by atoms with Gasteiger partial charge in [-0.2, -0.15) is 0 Å². The van der Waals surface area contributed by atoms with Gasteiger partial charge in [0.2, 0.25) is 0 Å². The lowest BCUT2D eigenvalue weighted by molar-refractivity contribution is -0.385. The third kappa shape index (κ3) is 4.88. The number of nitrogens with zero attached hydrogens (tertiary/aromatic N) is 1. The van der Waals surface area contributed by atoms with Gasteiger partial charge in [-0.05, 0) is 55.8 Å². The summed E-state index contributed by atoms with van der Waals surface area (Å²) in [6.07, 6.45) is 0. The van der Waals surface area contributed by atoms with Crippen molar-refractivity contribution < 1.29 is 14.5 Å². The topological polar surface area (TPSA) is 101 Å². The van der Waals surface area contributed by atoms with Gasteiger partial charge in [0.15, 0.2) is 0 Å². The third-order valence-corrected chi connectivity index (χ3v) is 4.68. The summed E-state index contributed by atoms with van der Waals surface area (Å²) < 4.78 is 0. The summed E-state index contributed by atoms with van der Waals surface area (Å²) in [6.45, 7) is 3.42. The van der Waals surface area contributed by atoms with Crippen LogP contribution in [0.3, 0.4) is 0 Å². The zero-order chi connectivity index (χ0) is 21.7. The van der Waals surface area contributed by atoms with Crippen LogP contribution in [0.25, 0.3) is 0 Å². The number of nitro groups is 1. The van der Waals surface area contributed by atoms with Crippen molar-refractivity contribution in [2.24, 2.45) is 0 Å². The van der Waals surface area contributed by atoms with Gasteiger partial charge in [-0.25, -0.2) is 0 Å². The molecule has 3 rings (SSSR count). The Labute approximate surface area is 173 Å². The van der Waals surface area contributed by atoms with E-state index in [1.807, 2.05) is 19.1 Å². The maximum absolute atomic E-state index is 12.6. The van der Waals surface area contributed by atoms with Crippen LogP contribution in [0.4, 0.5) is 11.4 Å². The number of benzene rings is 3. The van der Waals surface area contributed by atoms with Crippen molar-refractivity contribution in [1.82, 2.24) is 5.32 Å². The Morgan fingerprint density at radius 2 is 1.63 bits per heavy atom. The maximum Gasteiger partial charge on any atom is 0.272 e. The molecule has 7 nitrogen and oxygen atoms in total. The molecular formula is C23H21N3O4. The lowest BCUT2D eigenvalue weighted by atomic mass is 10.1. The minimum atomic E-state index is -0.477. The molecule has 0 saturated heterocycles. The van der Waals surface area contributed by atoms with Crippen LogP contribution in [0.5, 0.6) is 0 Å². The molecule has 3 aromatic carbocycles. The Balaban J connectivity index is 1.70. The molecule has 0 fully saturated rings. The van der Waals surface area contributed by atoms with E-state index in [2.05, 4.69) is 10.6 Å². The number of nitro benzene ring substituents is 1. The number of anilines is 1. The molecule has 152 valence electrons. The smallest absolute Gasteiger partial charge is 0.272 e. The quantitative estimate of drug-likeness (QED) is 0.462. The standard InChI is InChI=1S/C23H21N3O4/c1-15-13-19(11-12-21(15)26(29)30)23(28)24-16(2)18-9-6-10-20(14-18)25-22(27)17-7-4-3-5-8-17/h3-14,16H,1-2H3,(H,24,28)(H,25,27). The number of rotatable bonds is 6. The van der Waals surface area contributed by atoms with Gasteiger partial charge in [-0.15, -0.1) is 0 Å². The highest BCUT2D eigenvalue weighted by Gasteiger charge is 2.16. The summed E-state index contributed by atoms with van der Waals surface area (Å²) in [5, 5.41) is 16.7. The average Bonchev–Trinajstić information content (AvgIpc) is 2.74. The Hall–Kier alpha value is -4.00. The second-order valence-corrected chi connectivity index (χ2v) is 6.90. The van der Waals surface area contributed by atoms with Crippen LogP contribution >= 0.6 is 0 Å². The lowest BCUT2D eigenvalue weighted by Gasteiger charge is -2.16. The Morgan fingerprint density at radius 3 is 2.30 bits per heavy atom. The number of hydrogen-bond donors (Lipinski definition) is 2. The first-order chi connectivity index (χ1) is 14.3. The van der Waals surface area contributed by atoms with E-state index in [1.165, 1.54) is 18.2 Å². The molecule has 0 saturated carbocycles. The van der Waals surface area contributed by atoms with Crippen molar-refractivity contribution in [3.05, 3.63) is 105 Å². The largest absolute Gasteiger partial charge is 0.346 e. The summed E-state index contributed by atoms with van der Waals surface area (Å²) in [6, 6.07) is 20.0. The zero-order valence-corrected chi connectivity index (χ0v) is 16.6. The fraction of sp³-hybridized carbons (Fsp3) is 0.130. The zero-order valence-electron chi connectivity index (χ0n) is 16.6. The molecule has 0 aromatic heterocycles. The molecule has 0 radical (unpaired) electrons. The molecule has 0 bridgehead atoms. The van der Waals surface area contributed by atoms with Crippen LogP contribution < -0.4 is 10.6 Å². The summed E-state index contributed by atoms with van der Waals surface area (Å²) in [4.78, 5) is 35.4. The number of nitrogens with one attached hydrogen (secondary N) is 2. The summed E-state index contributed by atoms with van der Waals surface area (Å²) >= 11 is 0. The Kier molecular flexibility index (Phi) is 6.22. The first-order valence-electron chi connectivity index (χ1n) is 9.37. The van der Waals surface area contributed by atoms with E-state index < -0.39 is 4.92 Å². The van der Waals surface area contributed by atoms with Crippen LogP contribution in [0.15, 0.2) is 72.8 Å². The first kappa shape index (κ1) is 20.7. The molecule has 2 N–H and O–H groups in total. The van der Waals surface area contributed by atoms with Gasteiger partial charge in [0.25, 0.3) is 17.5 Å². The van der Waals surface area contributed by atoms with E-state index in [-0.39, 0.29) is 23.5 Å². The second-order valence-electron chi connectivity index (χ2n) is 6.90. The molecule has 0 heterocycles. The predicted octanol–water partition coefficient (Wildman–Crippen LogP) is 4.65. The van der Waals surface area contributed by atoms with Gasteiger partial charge < -0.3 is 10.6 Å². The number of aryl methyl sites for hydroxylation is 1. The van der Waals surface area contributed by atoms with Gasteiger partial charge in [0.1, 0.15) is 0 Å². The summed E-state index contributed by atoms with van der Waals surface area (Å²) in [5.41, 5.74) is 2.73. The van der Waals surface area contributed by atoms with Gasteiger partial charge in [0, 0.05) is 28.4 Å². The third-order valence-electron chi connectivity index (χ3n) is 4.68. The van der Waals surface area contributed by atoms with E-state index in [0.29, 0.717) is 22.4 Å². The number of carbonyl (C=O) groups excluding carboxylic acids is 2. The minimum absolute atomic E-state index is 0.0264. The fourth-order valence-electron chi connectivity index (χ4n) is 3.04. The normalized spacial score (nSPS) is 11.4. The second kappa shape index (κ2) is 9.00. The molecule has 0 aliphatic rings. The van der Waals surface area contributed by atoms with Crippen molar-refractivity contribution in [3.8, 4) is 0 Å². The van der Waals surface area contributed by atoms with Crippen molar-refractivity contribution in [1.29, 1.82) is 0 Å². The predicted molar refractivity (Wildman–Crippen MR) is 115 cm³/mol. The molecule has 1 atom stereocenters. The molecular weight excluding hydrogens is 382 g/mol. The maximum atomic E-state index is 12.6. The highest BCUT2D eigenvalue weighted by molar-refractivity contribution is 6.04. The van der Waals surface area contributed by atoms with Crippen LogP contribution in [0, 0.1) is 17.0 Å². The Bertz CT molecular complexity index is 1100. The van der Waals surface area contributed by atoms with Gasteiger partial charge >= 0.3 is 0 Å². The van der Waals surface area contributed by atoms with Gasteiger partial charge in [0.05, 0.1) is 11.0 Å². The van der Waals surface area contributed by atoms with Crippen LogP contribution in [-0.2, 0) is 0 Å². The van der Waals surface area contributed by atoms with Crippen molar-refractivity contribution in [2.75, 3.05) is 5.32 Å². The number of carbonyl (C=O) groups is 2. The lowest BCUT2D eigenvalue weighted by Crippen LogP contribution is -2.26. The van der Waals surface area contributed by atoms with E-state index in [1.54, 1.807) is 49.4 Å². The molecule has 3 aromatic rings. The molecule has 0 aliphatic carbocycles. The average molecular weight is 403 g/mol. The molecule has 0 spiro atoms. The fourth-order valence-corrected chi connectivity index (χ4v) is 3.04. The highest BCUT2D eigenvalue weighted by Crippen LogP contribution is 2.21. The molecule has 2 amide bonds. The highest BCUT2D eigenvalue weighted by atomic mass is 16.6. The van der Waals surface area contributed by atoms with Crippen LogP contribution in [-0.4, -0.2) is 16.7 Å². The monoisotopic (exact) mass is 403 g/mol. The minimum Gasteiger partial charge on any atom is -0.346 e. The first-order valence-corrected chi connectivity index (χ1v) is 9.37. The SMILES string of the molecule is Cc1cc(C(=O)NC(C)c2cccc(NC(=O)c3ccccc3)c2)ccc1[N+](=O)[O-]. The van der Waals surface area contributed by atoms with Gasteiger partial charge in [-0.1, -0.05) is 30.3 Å². The van der Waals surface area contributed by atoms with E-state index >= 15 is 0 Å². The van der Waals surface area contributed by atoms with Gasteiger partial charge in [-0.3, -0.25) is 19.7 Å². The number of amides is 2. The van der Waals surface area contributed by atoms with E-state index in [4.69, 9.17) is 0 Å². The number of hydrogen-bond acceptors (Lipinski definition) is 4. The van der Waals surface area contributed by atoms with Crippen molar-refractivity contribution in [2.45, 2.75) is 19.9 Å². The molecule has 30 heavy (non-hydrogen) atoms. The van der Waals surface area contributed by atoms with Crippen LogP contribution in [0.1, 0.15) is 44.8 Å². The molecule has 0 aliphatic heterocycles.